The number of nitrogens with zero attached hydrogens (tertiary/aromatic N) is 2. The molecule has 1 aliphatic heterocycles. The second-order valence-electron chi connectivity index (χ2n) is 5.08. The number of thiazole rings is 1. The summed E-state index contributed by atoms with van der Waals surface area (Å²) in [5.41, 5.74) is 2.24. The molecule has 0 radical (unpaired) electrons. The van der Waals surface area contributed by atoms with Gasteiger partial charge in [-0.25, -0.2) is 4.98 Å². The van der Waals surface area contributed by atoms with Gasteiger partial charge in [0.05, 0.1) is 23.2 Å². The van der Waals surface area contributed by atoms with E-state index in [2.05, 4.69) is 30.3 Å². The van der Waals surface area contributed by atoms with Crippen molar-refractivity contribution in [2.24, 2.45) is 0 Å². The minimum absolute atomic E-state index is 0.196. The van der Waals surface area contributed by atoms with Crippen molar-refractivity contribution in [3.05, 3.63) is 38.0 Å². The van der Waals surface area contributed by atoms with E-state index in [1.165, 1.54) is 10.4 Å². The van der Waals surface area contributed by atoms with Gasteiger partial charge in [-0.3, -0.25) is 4.79 Å². The van der Waals surface area contributed by atoms with Gasteiger partial charge in [-0.1, -0.05) is 6.92 Å². The Morgan fingerprint density at radius 2 is 2.35 bits per heavy atom. The zero-order valence-corrected chi connectivity index (χ0v) is 13.4. The lowest BCUT2D eigenvalue weighted by atomic mass is 10.0. The Labute approximate surface area is 127 Å². The molecule has 0 aliphatic carbocycles. The molecule has 3 rings (SSSR count). The summed E-state index contributed by atoms with van der Waals surface area (Å²) >= 11 is 3.45. The van der Waals surface area contributed by atoms with Crippen LogP contribution in [0.25, 0.3) is 0 Å². The molecule has 2 aromatic heterocycles. The molecular weight excluding hydrogens is 288 g/mol. The quantitative estimate of drug-likeness (QED) is 0.870. The predicted octanol–water partition coefficient (Wildman–Crippen LogP) is 3.46. The Morgan fingerprint density at radius 3 is 3.10 bits per heavy atom. The van der Waals surface area contributed by atoms with E-state index in [4.69, 9.17) is 0 Å². The van der Waals surface area contributed by atoms with Crippen molar-refractivity contribution in [2.75, 3.05) is 6.54 Å². The molecule has 0 unspecified atom stereocenters. The predicted molar refractivity (Wildman–Crippen MR) is 83.3 cm³/mol. The molecule has 0 saturated heterocycles. The second-order valence-corrected chi connectivity index (χ2v) is 7.02. The zero-order chi connectivity index (χ0) is 14.1. The van der Waals surface area contributed by atoms with Gasteiger partial charge in [-0.2, -0.15) is 0 Å². The lowest BCUT2D eigenvalue weighted by Crippen LogP contribution is -2.39. The monoisotopic (exact) mass is 306 g/mol. The average Bonchev–Trinajstić information content (AvgIpc) is 3.07. The Hall–Kier alpha value is -1.20. The molecule has 1 amide bonds. The number of carbonyl (C=O) groups is 1. The maximum absolute atomic E-state index is 12.5. The number of thiophene rings is 1. The minimum Gasteiger partial charge on any atom is -0.335 e. The molecule has 3 nitrogen and oxygen atoms in total. The number of hydrogen-bond donors (Lipinski definition) is 0. The fourth-order valence-corrected chi connectivity index (χ4v) is 4.41. The molecule has 0 saturated carbocycles. The molecule has 20 heavy (non-hydrogen) atoms. The number of aromatic nitrogens is 1. The summed E-state index contributed by atoms with van der Waals surface area (Å²) in [5, 5.41) is 5.25. The van der Waals surface area contributed by atoms with Crippen molar-refractivity contribution < 1.29 is 4.79 Å². The topological polar surface area (TPSA) is 33.2 Å². The lowest BCUT2D eigenvalue weighted by molar-refractivity contribution is -0.133. The number of rotatable bonds is 3. The highest BCUT2D eigenvalue weighted by Crippen LogP contribution is 2.33. The van der Waals surface area contributed by atoms with E-state index in [1.807, 2.05) is 10.3 Å². The first-order chi connectivity index (χ1) is 9.69. The van der Waals surface area contributed by atoms with Gasteiger partial charge in [0.1, 0.15) is 0 Å². The van der Waals surface area contributed by atoms with Crippen molar-refractivity contribution in [2.45, 2.75) is 39.2 Å². The molecule has 0 aromatic carbocycles. The van der Waals surface area contributed by atoms with Gasteiger partial charge in [0.2, 0.25) is 5.91 Å². The van der Waals surface area contributed by atoms with Crippen LogP contribution in [0.1, 0.15) is 41.0 Å². The maximum Gasteiger partial charge on any atom is 0.229 e. The Morgan fingerprint density at radius 1 is 1.50 bits per heavy atom. The van der Waals surface area contributed by atoms with Crippen molar-refractivity contribution in [3.8, 4) is 0 Å². The first-order valence-electron chi connectivity index (χ1n) is 6.98. The smallest absolute Gasteiger partial charge is 0.229 e. The minimum atomic E-state index is 0.196. The molecule has 1 aliphatic rings. The second kappa shape index (κ2) is 5.66. The number of amides is 1. The first-order valence-corrected chi connectivity index (χ1v) is 8.74. The zero-order valence-electron chi connectivity index (χ0n) is 11.8. The molecule has 0 N–H and O–H groups in total. The van der Waals surface area contributed by atoms with Gasteiger partial charge in [-0.15, -0.1) is 22.7 Å². The van der Waals surface area contributed by atoms with Crippen LogP contribution in [0.3, 0.4) is 0 Å². The van der Waals surface area contributed by atoms with Gasteiger partial charge in [0.25, 0.3) is 0 Å². The van der Waals surface area contributed by atoms with Crippen LogP contribution in [0.2, 0.25) is 0 Å². The standard InChI is InChI=1S/C15H18N2OS2/c1-3-14-16-11(9-20-14)8-15(18)17-6-4-13-12(10(17)2)5-7-19-13/h5,7,9-10H,3-4,6,8H2,1-2H3/t10-/m1/s1. The summed E-state index contributed by atoms with van der Waals surface area (Å²) in [5.74, 6) is 0.197. The van der Waals surface area contributed by atoms with E-state index in [0.717, 1.165) is 30.1 Å². The third kappa shape index (κ3) is 2.52. The van der Waals surface area contributed by atoms with E-state index in [-0.39, 0.29) is 11.9 Å². The molecule has 0 fully saturated rings. The van der Waals surface area contributed by atoms with Gasteiger partial charge in [0.15, 0.2) is 0 Å². The van der Waals surface area contributed by atoms with Crippen LogP contribution in [0, 0.1) is 0 Å². The summed E-state index contributed by atoms with van der Waals surface area (Å²) in [6.07, 6.45) is 2.36. The Kier molecular flexibility index (Phi) is 3.89. The number of fused-ring (bicyclic) bond motifs is 1. The van der Waals surface area contributed by atoms with Crippen molar-refractivity contribution in [3.63, 3.8) is 0 Å². The molecule has 1 atom stereocenters. The third-order valence-electron chi connectivity index (χ3n) is 3.83. The molecule has 5 heteroatoms. The third-order valence-corrected chi connectivity index (χ3v) is 5.87. The van der Waals surface area contributed by atoms with Crippen LogP contribution < -0.4 is 0 Å². The normalized spacial score (nSPS) is 18.1. The highest BCUT2D eigenvalue weighted by molar-refractivity contribution is 7.10. The van der Waals surface area contributed by atoms with E-state index in [1.54, 1.807) is 22.7 Å². The van der Waals surface area contributed by atoms with Crippen molar-refractivity contribution in [1.29, 1.82) is 0 Å². The molecule has 3 heterocycles. The highest BCUT2D eigenvalue weighted by atomic mass is 32.1. The number of carbonyl (C=O) groups excluding carboxylic acids is 1. The summed E-state index contributed by atoms with van der Waals surface area (Å²) in [7, 11) is 0. The van der Waals surface area contributed by atoms with Crippen LogP contribution in [-0.2, 0) is 24.1 Å². The van der Waals surface area contributed by atoms with E-state index in [9.17, 15) is 4.79 Å². The van der Waals surface area contributed by atoms with Crippen LogP contribution in [0.5, 0.6) is 0 Å². The largest absolute Gasteiger partial charge is 0.335 e. The average molecular weight is 306 g/mol. The van der Waals surface area contributed by atoms with E-state index in [0.29, 0.717) is 6.42 Å². The SMILES string of the molecule is CCc1nc(CC(=O)N2CCc3sccc3[C@H]2C)cs1. The number of aryl methyl sites for hydroxylation is 1. The molecule has 0 bridgehead atoms. The summed E-state index contributed by atoms with van der Waals surface area (Å²) in [4.78, 5) is 20.4. The summed E-state index contributed by atoms with van der Waals surface area (Å²) in [6, 6.07) is 2.35. The fraction of sp³-hybridized carbons (Fsp3) is 0.467. The van der Waals surface area contributed by atoms with Gasteiger partial charge in [0, 0.05) is 16.8 Å². The lowest BCUT2D eigenvalue weighted by Gasteiger charge is -2.33. The van der Waals surface area contributed by atoms with Crippen molar-refractivity contribution >= 4 is 28.6 Å². The molecule has 2 aromatic rings. The van der Waals surface area contributed by atoms with Crippen LogP contribution >= 0.6 is 22.7 Å². The van der Waals surface area contributed by atoms with Gasteiger partial charge < -0.3 is 4.90 Å². The van der Waals surface area contributed by atoms with E-state index >= 15 is 0 Å². The van der Waals surface area contributed by atoms with Gasteiger partial charge in [-0.05, 0) is 36.8 Å². The van der Waals surface area contributed by atoms with Crippen LogP contribution in [0.15, 0.2) is 16.8 Å². The van der Waals surface area contributed by atoms with E-state index < -0.39 is 0 Å². The fourth-order valence-electron chi connectivity index (χ4n) is 2.70. The van der Waals surface area contributed by atoms with Crippen LogP contribution in [0.4, 0.5) is 0 Å². The maximum atomic E-state index is 12.5. The van der Waals surface area contributed by atoms with Crippen molar-refractivity contribution in [1.82, 2.24) is 9.88 Å². The molecule has 0 spiro atoms. The Bertz CT molecular complexity index is 617. The Balaban J connectivity index is 1.72. The number of hydrogen-bond acceptors (Lipinski definition) is 4. The molecule has 106 valence electrons. The highest BCUT2D eigenvalue weighted by Gasteiger charge is 2.28. The van der Waals surface area contributed by atoms with Gasteiger partial charge >= 0.3 is 0 Å². The first kappa shape index (κ1) is 13.8. The summed E-state index contributed by atoms with van der Waals surface area (Å²) in [6.45, 7) is 5.05. The molecular formula is C15H18N2OS2. The summed E-state index contributed by atoms with van der Waals surface area (Å²) < 4.78 is 0. The van der Waals surface area contributed by atoms with Crippen LogP contribution in [-0.4, -0.2) is 22.3 Å².